The van der Waals surface area contributed by atoms with Gasteiger partial charge in [-0.05, 0) is 26.0 Å². The highest BCUT2D eigenvalue weighted by Gasteiger charge is 2.16. The van der Waals surface area contributed by atoms with Gasteiger partial charge in [0.25, 0.3) is 0 Å². The zero-order valence-electron chi connectivity index (χ0n) is 8.44. The first-order chi connectivity index (χ1) is 6.81. The Morgan fingerprint density at radius 3 is 2.33 bits per heavy atom. The third-order valence-corrected chi connectivity index (χ3v) is 1.75. The molecule has 0 amide bonds. The molecule has 0 spiro atoms. The Bertz CT molecular complexity index is 360. The molecule has 0 aliphatic carbocycles. The van der Waals surface area contributed by atoms with Crippen molar-refractivity contribution in [3.63, 3.8) is 0 Å². The lowest BCUT2D eigenvalue weighted by Crippen LogP contribution is -2.29. The predicted octanol–water partition coefficient (Wildman–Crippen LogP) is 2.29. The van der Waals surface area contributed by atoms with Crippen LogP contribution in [0.3, 0.4) is 0 Å². The van der Waals surface area contributed by atoms with Crippen LogP contribution < -0.4 is 5.32 Å². The van der Waals surface area contributed by atoms with Crippen LogP contribution in [0.25, 0.3) is 0 Å². The minimum Gasteiger partial charge on any atom is -0.389 e. The molecule has 0 saturated carbocycles. The number of nitrogens with one attached hydrogen (secondary N) is 1. The second-order valence-electron chi connectivity index (χ2n) is 3.89. The van der Waals surface area contributed by atoms with Gasteiger partial charge in [-0.2, -0.15) is 0 Å². The van der Waals surface area contributed by atoms with E-state index in [1.807, 2.05) is 0 Å². The molecule has 0 atom stereocenters. The molecule has 1 aromatic rings. The lowest BCUT2D eigenvalue weighted by atomic mass is 10.1. The SMILES string of the molecule is CC(C)(O)CNc1ccc(F)c(F)c1F. The number of anilines is 1. The van der Waals surface area contributed by atoms with Crippen molar-refractivity contribution in [2.75, 3.05) is 11.9 Å². The number of aliphatic hydroxyl groups is 1. The topological polar surface area (TPSA) is 32.3 Å². The Morgan fingerprint density at radius 1 is 1.20 bits per heavy atom. The minimum atomic E-state index is -1.52. The van der Waals surface area contributed by atoms with Crippen molar-refractivity contribution in [3.8, 4) is 0 Å². The Kier molecular flexibility index (Phi) is 3.24. The summed E-state index contributed by atoms with van der Waals surface area (Å²) in [6, 6.07) is 1.91. The summed E-state index contributed by atoms with van der Waals surface area (Å²) in [5.74, 6) is -4.03. The van der Waals surface area contributed by atoms with Crippen LogP contribution in [0.4, 0.5) is 18.9 Å². The van der Waals surface area contributed by atoms with Gasteiger partial charge in [-0.3, -0.25) is 0 Å². The van der Waals surface area contributed by atoms with Gasteiger partial charge in [0.2, 0.25) is 0 Å². The molecule has 0 radical (unpaired) electrons. The fraction of sp³-hybridized carbons (Fsp3) is 0.400. The van der Waals surface area contributed by atoms with E-state index in [9.17, 15) is 18.3 Å². The molecule has 1 rings (SSSR count). The third kappa shape index (κ3) is 3.13. The van der Waals surface area contributed by atoms with Gasteiger partial charge in [0.15, 0.2) is 17.5 Å². The number of halogens is 3. The first kappa shape index (κ1) is 11.8. The molecule has 0 unspecified atom stereocenters. The van der Waals surface area contributed by atoms with E-state index in [0.717, 1.165) is 12.1 Å². The molecule has 15 heavy (non-hydrogen) atoms. The second-order valence-corrected chi connectivity index (χ2v) is 3.89. The molecule has 2 nitrogen and oxygen atoms in total. The van der Waals surface area contributed by atoms with Crippen LogP contribution in [0.1, 0.15) is 13.8 Å². The van der Waals surface area contributed by atoms with Gasteiger partial charge in [0, 0.05) is 6.54 Å². The van der Waals surface area contributed by atoms with Crippen molar-refractivity contribution in [3.05, 3.63) is 29.6 Å². The number of benzene rings is 1. The first-order valence-electron chi connectivity index (χ1n) is 4.41. The lowest BCUT2D eigenvalue weighted by molar-refractivity contribution is 0.0944. The highest BCUT2D eigenvalue weighted by molar-refractivity contribution is 5.45. The monoisotopic (exact) mass is 219 g/mol. The summed E-state index contributed by atoms with van der Waals surface area (Å²) in [4.78, 5) is 0. The summed E-state index contributed by atoms with van der Waals surface area (Å²) in [5, 5.41) is 11.8. The smallest absolute Gasteiger partial charge is 0.196 e. The van der Waals surface area contributed by atoms with Crippen LogP contribution in [-0.2, 0) is 0 Å². The van der Waals surface area contributed by atoms with Gasteiger partial charge in [0.05, 0.1) is 11.3 Å². The maximum Gasteiger partial charge on any atom is 0.196 e. The van der Waals surface area contributed by atoms with Crippen molar-refractivity contribution in [1.82, 2.24) is 0 Å². The van der Waals surface area contributed by atoms with Gasteiger partial charge >= 0.3 is 0 Å². The Hall–Kier alpha value is -1.23. The maximum atomic E-state index is 13.1. The summed E-state index contributed by atoms with van der Waals surface area (Å²) in [6.45, 7) is 3.06. The highest BCUT2D eigenvalue weighted by atomic mass is 19.2. The average molecular weight is 219 g/mol. The Balaban J connectivity index is 2.83. The van der Waals surface area contributed by atoms with Gasteiger partial charge in [-0.25, -0.2) is 13.2 Å². The number of hydrogen-bond donors (Lipinski definition) is 2. The van der Waals surface area contributed by atoms with Gasteiger partial charge in [0.1, 0.15) is 0 Å². The van der Waals surface area contributed by atoms with Crippen molar-refractivity contribution >= 4 is 5.69 Å². The molecule has 0 aromatic heterocycles. The Morgan fingerprint density at radius 2 is 1.80 bits per heavy atom. The second kappa shape index (κ2) is 4.10. The molecule has 0 saturated heterocycles. The zero-order chi connectivity index (χ0) is 11.6. The molecule has 0 aliphatic rings. The molecule has 5 heteroatoms. The molecular formula is C10H12F3NO. The van der Waals surface area contributed by atoms with E-state index < -0.39 is 23.1 Å². The van der Waals surface area contributed by atoms with Crippen LogP contribution in [0, 0.1) is 17.5 Å². The van der Waals surface area contributed by atoms with E-state index in [1.165, 1.54) is 13.8 Å². The summed E-state index contributed by atoms with van der Waals surface area (Å²) in [5.41, 5.74) is -1.23. The summed E-state index contributed by atoms with van der Waals surface area (Å²) in [6.07, 6.45) is 0. The quantitative estimate of drug-likeness (QED) is 0.764. The summed E-state index contributed by atoms with van der Waals surface area (Å²) < 4.78 is 38.4. The fourth-order valence-corrected chi connectivity index (χ4v) is 0.974. The van der Waals surface area contributed by atoms with Gasteiger partial charge in [-0.1, -0.05) is 0 Å². The van der Waals surface area contributed by atoms with E-state index in [4.69, 9.17) is 0 Å². The molecule has 0 aliphatic heterocycles. The van der Waals surface area contributed by atoms with Crippen LogP contribution in [-0.4, -0.2) is 17.3 Å². The lowest BCUT2D eigenvalue weighted by Gasteiger charge is -2.18. The van der Waals surface area contributed by atoms with Crippen molar-refractivity contribution in [1.29, 1.82) is 0 Å². The standard InChI is InChI=1S/C10H12F3NO/c1-10(2,15)5-14-7-4-3-6(11)8(12)9(7)13/h3-4,14-15H,5H2,1-2H3. The molecular weight excluding hydrogens is 207 g/mol. The largest absolute Gasteiger partial charge is 0.389 e. The van der Waals surface area contributed by atoms with Gasteiger partial charge < -0.3 is 10.4 Å². The molecule has 84 valence electrons. The van der Waals surface area contributed by atoms with Crippen LogP contribution in [0.2, 0.25) is 0 Å². The van der Waals surface area contributed by atoms with E-state index >= 15 is 0 Å². The van der Waals surface area contributed by atoms with E-state index in [-0.39, 0.29) is 12.2 Å². The normalized spacial score (nSPS) is 11.6. The molecule has 0 heterocycles. The van der Waals surface area contributed by atoms with Crippen molar-refractivity contribution in [2.45, 2.75) is 19.4 Å². The van der Waals surface area contributed by atoms with Gasteiger partial charge in [-0.15, -0.1) is 0 Å². The first-order valence-corrected chi connectivity index (χ1v) is 4.41. The maximum absolute atomic E-state index is 13.1. The average Bonchev–Trinajstić information content (AvgIpc) is 2.12. The van der Waals surface area contributed by atoms with Crippen LogP contribution in [0.15, 0.2) is 12.1 Å². The van der Waals surface area contributed by atoms with Crippen molar-refractivity contribution < 1.29 is 18.3 Å². The summed E-state index contributed by atoms with van der Waals surface area (Å²) >= 11 is 0. The third-order valence-electron chi connectivity index (χ3n) is 1.75. The fourth-order valence-electron chi connectivity index (χ4n) is 0.974. The number of rotatable bonds is 3. The number of hydrogen-bond acceptors (Lipinski definition) is 2. The summed E-state index contributed by atoms with van der Waals surface area (Å²) in [7, 11) is 0. The predicted molar refractivity (Wildman–Crippen MR) is 51.1 cm³/mol. The van der Waals surface area contributed by atoms with Crippen molar-refractivity contribution in [2.24, 2.45) is 0 Å². The zero-order valence-corrected chi connectivity index (χ0v) is 8.44. The van der Waals surface area contributed by atoms with Crippen LogP contribution in [0.5, 0.6) is 0 Å². The highest BCUT2D eigenvalue weighted by Crippen LogP contribution is 2.20. The molecule has 0 bridgehead atoms. The van der Waals surface area contributed by atoms with Crippen LogP contribution >= 0.6 is 0 Å². The Labute approximate surface area is 85.7 Å². The minimum absolute atomic E-state index is 0.0367. The molecule has 1 aromatic carbocycles. The van der Waals surface area contributed by atoms with E-state index in [1.54, 1.807) is 0 Å². The molecule has 2 N–H and O–H groups in total. The van der Waals surface area contributed by atoms with E-state index in [0.29, 0.717) is 0 Å². The van der Waals surface area contributed by atoms with E-state index in [2.05, 4.69) is 5.32 Å². The molecule has 0 fully saturated rings.